The molecule has 1 amide bonds. The van der Waals surface area contributed by atoms with Gasteiger partial charge in [-0.3, -0.25) is 4.79 Å². The van der Waals surface area contributed by atoms with Gasteiger partial charge in [0, 0.05) is 6.42 Å². The maximum atomic E-state index is 13.5. The van der Waals surface area contributed by atoms with Crippen molar-refractivity contribution in [3.8, 4) is 0 Å². The number of aryl methyl sites for hydroxylation is 1. The third kappa shape index (κ3) is 1.85. The Morgan fingerprint density at radius 1 is 1.47 bits per heavy atom. The summed E-state index contributed by atoms with van der Waals surface area (Å²) in [6.07, 6.45) is 0.205. The zero-order valence-electron chi connectivity index (χ0n) is 8.38. The standard InChI is InChI=1S/C11H12FNO2/c1-6(14)8-4-7-2-3-10(15)13-11(7)9(12)5-8/h4-6,14H,2-3H2,1H3,(H,13,15). The van der Waals surface area contributed by atoms with Crippen LogP contribution in [0.1, 0.15) is 30.6 Å². The topological polar surface area (TPSA) is 49.3 Å². The molecule has 1 atom stereocenters. The van der Waals surface area contributed by atoms with E-state index in [2.05, 4.69) is 5.32 Å². The third-order valence-electron chi connectivity index (χ3n) is 2.56. The Labute approximate surface area is 86.9 Å². The molecule has 15 heavy (non-hydrogen) atoms. The summed E-state index contributed by atoms with van der Waals surface area (Å²) in [5.74, 6) is -0.636. The molecule has 1 aromatic carbocycles. The average molecular weight is 209 g/mol. The highest BCUT2D eigenvalue weighted by atomic mass is 19.1. The van der Waals surface area contributed by atoms with Crippen LogP contribution in [0.5, 0.6) is 0 Å². The molecule has 1 aliphatic rings. The van der Waals surface area contributed by atoms with Crippen LogP contribution in [0.4, 0.5) is 10.1 Å². The first-order chi connectivity index (χ1) is 7.08. The zero-order valence-corrected chi connectivity index (χ0v) is 8.38. The lowest BCUT2D eigenvalue weighted by molar-refractivity contribution is -0.116. The number of rotatable bonds is 1. The van der Waals surface area contributed by atoms with Gasteiger partial charge in [-0.2, -0.15) is 0 Å². The summed E-state index contributed by atoms with van der Waals surface area (Å²) >= 11 is 0. The Bertz CT molecular complexity index is 415. The first-order valence-electron chi connectivity index (χ1n) is 4.88. The molecule has 4 heteroatoms. The minimum absolute atomic E-state index is 0.161. The van der Waals surface area contributed by atoms with Gasteiger partial charge in [0.05, 0.1) is 11.8 Å². The molecule has 2 N–H and O–H groups in total. The molecule has 0 spiro atoms. The number of carbonyl (C=O) groups is 1. The van der Waals surface area contributed by atoms with E-state index in [1.807, 2.05) is 0 Å². The van der Waals surface area contributed by atoms with Gasteiger partial charge in [0.25, 0.3) is 0 Å². The summed E-state index contributed by atoms with van der Waals surface area (Å²) in [6.45, 7) is 1.59. The van der Waals surface area contributed by atoms with Crippen molar-refractivity contribution < 1.29 is 14.3 Å². The van der Waals surface area contributed by atoms with Crippen LogP contribution in [-0.4, -0.2) is 11.0 Å². The lowest BCUT2D eigenvalue weighted by Crippen LogP contribution is -2.20. The van der Waals surface area contributed by atoms with E-state index in [1.165, 1.54) is 6.07 Å². The number of hydrogen-bond acceptors (Lipinski definition) is 2. The maximum Gasteiger partial charge on any atom is 0.224 e. The second-order valence-electron chi connectivity index (χ2n) is 3.76. The van der Waals surface area contributed by atoms with Crippen molar-refractivity contribution in [1.82, 2.24) is 0 Å². The van der Waals surface area contributed by atoms with Gasteiger partial charge in [-0.15, -0.1) is 0 Å². The van der Waals surface area contributed by atoms with Crippen LogP contribution in [-0.2, 0) is 11.2 Å². The smallest absolute Gasteiger partial charge is 0.224 e. The van der Waals surface area contributed by atoms with Gasteiger partial charge in [0.15, 0.2) is 0 Å². The number of benzene rings is 1. The second-order valence-corrected chi connectivity index (χ2v) is 3.76. The van der Waals surface area contributed by atoms with Crippen LogP contribution in [0.25, 0.3) is 0 Å². The van der Waals surface area contributed by atoms with Gasteiger partial charge in [-0.05, 0) is 30.5 Å². The SMILES string of the molecule is CC(O)c1cc(F)c2c(c1)CCC(=O)N2. The van der Waals surface area contributed by atoms with Crippen LogP contribution in [0.2, 0.25) is 0 Å². The molecule has 0 bridgehead atoms. The number of anilines is 1. The number of amides is 1. The van der Waals surface area contributed by atoms with Gasteiger partial charge in [0.2, 0.25) is 5.91 Å². The Kier molecular flexibility index (Phi) is 2.44. The fourth-order valence-corrected chi connectivity index (χ4v) is 1.72. The highest BCUT2D eigenvalue weighted by molar-refractivity contribution is 5.94. The van der Waals surface area contributed by atoms with Crippen LogP contribution in [0.15, 0.2) is 12.1 Å². The van der Waals surface area contributed by atoms with Gasteiger partial charge in [-0.25, -0.2) is 4.39 Å². The Hall–Kier alpha value is -1.42. The average Bonchev–Trinajstić information content (AvgIpc) is 2.18. The fourth-order valence-electron chi connectivity index (χ4n) is 1.72. The molecule has 0 fully saturated rings. The van der Waals surface area contributed by atoms with Crippen LogP contribution in [0, 0.1) is 5.82 Å². The number of carbonyl (C=O) groups excluding carboxylic acids is 1. The molecular formula is C11H12FNO2. The van der Waals surface area contributed by atoms with Gasteiger partial charge < -0.3 is 10.4 Å². The Balaban J connectivity index is 2.47. The lowest BCUT2D eigenvalue weighted by Gasteiger charge is -2.19. The first kappa shape index (κ1) is 10.1. The summed E-state index contributed by atoms with van der Waals surface area (Å²) in [4.78, 5) is 11.1. The van der Waals surface area contributed by atoms with E-state index in [4.69, 9.17) is 0 Å². The minimum Gasteiger partial charge on any atom is -0.389 e. The molecule has 0 aliphatic carbocycles. The quantitative estimate of drug-likeness (QED) is 0.740. The first-order valence-corrected chi connectivity index (χ1v) is 4.88. The zero-order chi connectivity index (χ0) is 11.0. The van der Waals surface area contributed by atoms with E-state index in [1.54, 1.807) is 13.0 Å². The molecular weight excluding hydrogens is 197 g/mol. The molecule has 1 aliphatic heterocycles. The molecule has 3 nitrogen and oxygen atoms in total. The molecule has 0 aromatic heterocycles. The highest BCUT2D eigenvalue weighted by Gasteiger charge is 2.19. The van der Waals surface area contributed by atoms with Gasteiger partial charge in [-0.1, -0.05) is 6.07 Å². The molecule has 0 saturated carbocycles. The molecule has 1 unspecified atom stereocenters. The summed E-state index contributed by atoms with van der Waals surface area (Å²) in [7, 11) is 0. The van der Waals surface area contributed by atoms with Crippen LogP contribution in [0.3, 0.4) is 0 Å². The van der Waals surface area contributed by atoms with E-state index < -0.39 is 11.9 Å². The van der Waals surface area contributed by atoms with Crippen molar-refractivity contribution in [3.63, 3.8) is 0 Å². The fraction of sp³-hybridized carbons (Fsp3) is 0.364. The molecule has 0 saturated heterocycles. The summed E-state index contributed by atoms with van der Waals surface area (Å²) in [5, 5.41) is 11.8. The number of fused-ring (bicyclic) bond motifs is 1. The number of nitrogens with one attached hydrogen (secondary N) is 1. The molecule has 80 valence electrons. The summed E-state index contributed by atoms with van der Waals surface area (Å²) in [6, 6.07) is 3.00. The van der Waals surface area contributed by atoms with E-state index >= 15 is 0 Å². The highest BCUT2D eigenvalue weighted by Crippen LogP contribution is 2.29. The predicted octanol–water partition coefficient (Wildman–Crippen LogP) is 1.76. The van der Waals surface area contributed by atoms with Crippen LogP contribution >= 0.6 is 0 Å². The monoisotopic (exact) mass is 209 g/mol. The minimum atomic E-state index is -0.692. The van der Waals surface area contributed by atoms with Crippen molar-refractivity contribution in [2.24, 2.45) is 0 Å². The van der Waals surface area contributed by atoms with Gasteiger partial charge in [0.1, 0.15) is 5.82 Å². The molecule has 1 aromatic rings. The van der Waals surface area contributed by atoms with Crippen molar-refractivity contribution >= 4 is 11.6 Å². The molecule has 1 heterocycles. The second kappa shape index (κ2) is 3.62. The Morgan fingerprint density at radius 2 is 2.20 bits per heavy atom. The predicted molar refractivity (Wildman–Crippen MR) is 54.0 cm³/mol. The van der Waals surface area contributed by atoms with E-state index in [0.29, 0.717) is 18.4 Å². The number of hydrogen-bond donors (Lipinski definition) is 2. The van der Waals surface area contributed by atoms with E-state index in [-0.39, 0.29) is 11.6 Å². The maximum absolute atomic E-state index is 13.5. The number of aliphatic hydroxyl groups is 1. The van der Waals surface area contributed by atoms with E-state index in [9.17, 15) is 14.3 Å². The Morgan fingerprint density at radius 3 is 2.87 bits per heavy atom. The van der Waals surface area contributed by atoms with Crippen molar-refractivity contribution in [2.75, 3.05) is 5.32 Å². The van der Waals surface area contributed by atoms with Crippen molar-refractivity contribution in [1.29, 1.82) is 0 Å². The largest absolute Gasteiger partial charge is 0.389 e. The lowest BCUT2D eigenvalue weighted by atomic mass is 9.98. The normalized spacial score (nSPS) is 16.9. The third-order valence-corrected chi connectivity index (χ3v) is 2.56. The number of halogens is 1. The summed E-state index contributed by atoms with van der Waals surface area (Å²) in [5.41, 5.74) is 1.56. The van der Waals surface area contributed by atoms with E-state index in [0.717, 1.165) is 5.56 Å². The number of aliphatic hydroxyl groups excluding tert-OH is 1. The molecule has 2 rings (SSSR count). The van der Waals surface area contributed by atoms with Crippen molar-refractivity contribution in [2.45, 2.75) is 25.9 Å². The van der Waals surface area contributed by atoms with Gasteiger partial charge >= 0.3 is 0 Å². The van der Waals surface area contributed by atoms with Crippen LogP contribution < -0.4 is 5.32 Å². The molecule has 0 radical (unpaired) electrons. The summed E-state index contributed by atoms with van der Waals surface area (Å²) < 4.78 is 13.5. The van der Waals surface area contributed by atoms with Crippen molar-refractivity contribution in [3.05, 3.63) is 29.1 Å².